The second kappa shape index (κ2) is 6.10. The van der Waals surface area contributed by atoms with E-state index in [0.717, 1.165) is 25.7 Å². The Morgan fingerprint density at radius 1 is 1.22 bits per heavy atom. The standard InChI is InChI=1S/C14H18ClNO2/c15-12-9-11(17)7-8-13(12)16-14(18)10-5-3-1-2-4-6-10/h7-10,17H,1-6H2,(H,16,18). The third kappa shape index (κ3) is 3.39. The maximum Gasteiger partial charge on any atom is 0.227 e. The minimum Gasteiger partial charge on any atom is -0.508 e. The number of amides is 1. The number of benzene rings is 1. The molecule has 18 heavy (non-hydrogen) atoms. The Kier molecular flexibility index (Phi) is 4.48. The van der Waals surface area contributed by atoms with Gasteiger partial charge in [0.05, 0.1) is 10.7 Å². The lowest BCUT2D eigenvalue weighted by Crippen LogP contribution is -2.22. The van der Waals surface area contributed by atoms with Gasteiger partial charge in [-0.3, -0.25) is 4.79 Å². The van der Waals surface area contributed by atoms with E-state index >= 15 is 0 Å². The first kappa shape index (κ1) is 13.2. The van der Waals surface area contributed by atoms with E-state index in [-0.39, 0.29) is 17.6 Å². The van der Waals surface area contributed by atoms with E-state index in [4.69, 9.17) is 11.6 Å². The van der Waals surface area contributed by atoms with Crippen molar-refractivity contribution in [1.29, 1.82) is 0 Å². The second-order valence-corrected chi connectivity index (χ2v) is 5.25. The molecule has 1 aliphatic carbocycles. The van der Waals surface area contributed by atoms with Gasteiger partial charge in [-0.05, 0) is 25.0 Å². The smallest absolute Gasteiger partial charge is 0.227 e. The van der Waals surface area contributed by atoms with Gasteiger partial charge < -0.3 is 10.4 Å². The van der Waals surface area contributed by atoms with Gasteiger partial charge in [-0.2, -0.15) is 0 Å². The maximum atomic E-state index is 12.1. The van der Waals surface area contributed by atoms with Crippen LogP contribution in [0.25, 0.3) is 0 Å². The lowest BCUT2D eigenvalue weighted by Gasteiger charge is -2.15. The van der Waals surface area contributed by atoms with Crippen LogP contribution in [0.4, 0.5) is 5.69 Å². The summed E-state index contributed by atoms with van der Waals surface area (Å²) in [4.78, 5) is 12.1. The number of carbonyl (C=O) groups is 1. The zero-order valence-electron chi connectivity index (χ0n) is 10.3. The average Bonchev–Trinajstić information content (AvgIpc) is 2.61. The zero-order valence-corrected chi connectivity index (χ0v) is 11.0. The van der Waals surface area contributed by atoms with Gasteiger partial charge in [0.25, 0.3) is 0 Å². The highest BCUT2D eigenvalue weighted by Crippen LogP contribution is 2.28. The fourth-order valence-corrected chi connectivity index (χ4v) is 2.60. The lowest BCUT2D eigenvalue weighted by molar-refractivity contribution is -0.120. The molecule has 1 fully saturated rings. The summed E-state index contributed by atoms with van der Waals surface area (Å²) in [6.07, 6.45) is 6.62. The van der Waals surface area contributed by atoms with Gasteiger partial charge in [-0.25, -0.2) is 0 Å². The number of aromatic hydroxyl groups is 1. The number of hydrogen-bond donors (Lipinski definition) is 2. The van der Waals surface area contributed by atoms with Gasteiger partial charge in [0.2, 0.25) is 5.91 Å². The van der Waals surface area contributed by atoms with Crippen molar-refractivity contribution in [2.75, 3.05) is 5.32 Å². The minimum absolute atomic E-state index is 0.0458. The van der Waals surface area contributed by atoms with Crippen molar-refractivity contribution >= 4 is 23.2 Å². The molecule has 0 saturated heterocycles. The largest absolute Gasteiger partial charge is 0.508 e. The molecule has 3 nitrogen and oxygen atoms in total. The average molecular weight is 268 g/mol. The first-order valence-corrected chi connectivity index (χ1v) is 6.84. The topological polar surface area (TPSA) is 49.3 Å². The number of carbonyl (C=O) groups excluding carboxylic acids is 1. The number of rotatable bonds is 2. The zero-order chi connectivity index (χ0) is 13.0. The quantitative estimate of drug-likeness (QED) is 0.630. The van der Waals surface area contributed by atoms with Gasteiger partial charge in [0.15, 0.2) is 0 Å². The van der Waals surface area contributed by atoms with Crippen LogP contribution in [0.15, 0.2) is 18.2 Å². The normalized spacial score (nSPS) is 17.2. The summed E-state index contributed by atoms with van der Waals surface area (Å²) in [5.74, 6) is 0.245. The van der Waals surface area contributed by atoms with Crippen LogP contribution in [-0.4, -0.2) is 11.0 Å². The maximum absolute atomic E-state index is 12.1. The Balaban J connectivity index is 2.01. The Bertz CT molecular complexity index is 426. The van der Waals surface area contributed by atoms with E-state index in [2.05, 4.69) is 5.32 Å². The molecule has 0 unspecified atom stereocenters. The highest BCUT2D eigenvalue weighted by molar-refractivity contribution is 6.33. The third-order valence-electron chi connectivity index (χ3n) is 3.44. The van der Waals surface area contributed by atoms with Crippen molar-refractivity contribution in [3.63, 3.8) is 0 Å². The first-order chi connectivity index (χ1) is 8.66. The van der Waals surface area contributed by atoms with Gasteiger partial charge in [-0.15, -0.1) is 0 Å². The van der Waals surface area contributed by atoms with Crippen LogP contribution in [0.3, 0.4) is 0 Å². The summed E-state index contributed by atoms with van der Waals surface area (Å²) in [7, 11) is 0. The van der Waals surface area contributed by atoms with Crippen molar-refractivity contribution < 1.29 is 9.90 Å². The van der Waals surface area contributed by atoms with E-state index in [0.29, 0.717) is 10.7 Å². The molecule has 1 saturated carbocycles. The molecule has 98 valence electrons. The molecule has 0 aliphatic heterocycles. The van der Waals surface area contributed by atoms with E-state index in [9.17, 15) is 9.90 Å². The molecule has 0 aromatic heterocycles. The Labute approximate surface area is 112 Å². The second-order valence-electron chi connectivity index (χ2n) is 4.84. The van der Waals surface area contributed by atoms with Crippen molar-refractivity contribution in [1.82, 2.24) is 0 Å². The van der Waals surface area contributed by atoms with Crippen molar-refractivity contribution in [2.45, 2.75) is 38.5 Å². The molecule has 1 aliphatic rings. The highest BCUT2D eigenvalue weighted by Gasteiger charge is 2.20. The number of anilines is 1. The van der Waals surface area contributed by atoms with Crippen LogP contribution < -0.4 is 5.32 Å². The van der Waals surface area contributed by atoms with Crippen LogP contribution in [0.1, 0.15) is 38.5 Å². The van der Waals surface area contributed by atoms with Crippen LogP contribution in [0, 0.1) is 5.92 Å². The van der Waals surface area contributed by atoms with Crippen molar-refractivity contribution in [2.24, 2.45) is 5.92 Å². The molecule has 0 bridgehead atoms. The summed E-state index contributed by atoms with van der Waals surface area (Å²) in [6.45, 7) is 0. The van der Waals surface area contributed by atoms with Crippen molar-refractivity contribution in [3.05, 3.63) is 23.2 Å². The molecule has 2 rings (SSSR count). The molecule has 0 heterocycles. The van der Waals surface area contributed by atoms with Gasteiger partial charge in [0.1, 0.15) is 5.75 Å². The molecule has 0 radical (unpaired) electrons. The number of hydrogen-bond acceptors (Lipinski definition) is 2. The molecular formula is C14H18ClNO2. The summed E-state index contributed by atoms with van der Waals surface area (Å²) in [5, 5.41) is 12.5. The number of halogens is 1. The molecule has 0 atom stereocenters. The summed E-state index contributed by atoms with van der Waals surface area (Å²) in [6, 6.07) is 4.59. The molecule has 0 spiro atoms. The number of phenolic OH excluding ortho intramolecular Hbond substituents is 1. The van der Waals surface area contributed by atoms with Crippen LogP contribution >= 0.6 is 11.6 Å². The molecule has 1 aromatic carbocycles. The first-order valence-electron chi connectivity index (χ1n) is 6.46. The van der Waals surface area contributed by atoms with Crippen molar-refractivity contribution in [3.8, 4) is 5.75 Å². The van der Waals surface area contributed by atoms with Gasteiger partial charge in [0, 0.05) is 12.0 Å². The predicted molar refractivity (Wildman–Crippen MR) is 72.9 cm³/mol. The Morgan fingerprint density at radius 2 is 1.89 bits per heavy atom. The fraction of sp³-hybridized carbons (Fsp3) is 0.500. The van der Waals surface area contributed by atoms with Crippen LogP contribution in [0.5, 0.6) is 5.75 Å². The van der Waals surface area contributed by atoms with Crippen LogP contribution in [-0.2, 0) is 4.79 Å². The molecule has 1 amide bonds. The lowest BCUT2D eigenvalue weighted by atomic mass is 9.99. The highest BCUT2D eigenvalue weighted by atomic mass is 35.5. The Morgan fingerprint density at radius 3 is 2.50 bits per heavy atom. The Hall–Kier alpha value is -1.22. The van der Waals surface area contributed by atoms with E-state index in [1.807, 2.05) is 0 Å². The predicted octanol–water partition coefficient (Wildman–Crippen LogP) is 3.95. The van der Waals surface area contributed by atoms with E-state index < -0.39 is 0 Å². The molecule has 2 N–H and O–H groups in total. The van der Waals surface area contributed by atoms with E-state index in [1.165, 1.54) is 25.0 Å². The third-order valence-corrected chi connectivity index (χ3v) is 3.75. The van der Waals surface area contributed by atoms with Gasteiger partial charge in [-0.1, -0.05) is 37.3 Å². The van der Waals surface area contributed by atoms with Crippen LogP contribution in [0.2, 0.25) is 5.02 Å². The molecule has 4 heteroatoms. The molecular weight excluding hydrogens is 250 g/mol. The summed E-state index contributed by atoms with van der Waals surface area (Å²) >= 11 is 5.97. The monoisotopic (exact) mass is 267 g/mol. The number of phenols is 1. The van der Waals surface area contributed by atoms with E-state index in [1.54, 1.807) is 6.07 Å². The minimum atomic E-state index is 0.0458. The SMILES string of the molecule is O=C(Nc1ccc(O)cc1Cl)C1CCCCCC1. The summed E-state index contributed by atoms with van der Waals surface area (Å²) in [5.41, 5.74) is 0.573. The van der Waals surface area contributed by atoms with Gasteiger partial charge >= 0.3 is 0 Å². The number of nitrogens with one attached hydrogen (secondary N) is 1. The molecule has 1 aromatic rings. The fourth-order valence-electron chi connectivity index (χ4n) is 2.38. The summed E-state index contributed by atoms with van der Waals surface area (Å²) < 4.78 is 0.